The quantitative estimate of drug-likeness (QED) is 0.229. The maximum absolute atomic E-state index is 13.2. The molecule has 0 saturated heterocycles. The summed E-state index contributed by atoms with van der Waals surface area (Å²) in [6.45, 7) is 5.29. The first kappa shape index (κ1) is 38.9. The van der Waals surface area contributed by atoms with Gasteiger partial charge in [0.2, 0.25) is 5.67 Å². The van der Waals surface area contributed by atoms with E-state index in [1.54, 1.807) is 0 Å². The topological polar surface area (TPSA) is 0 Å². The van der Waals surface area contributed by atoms with Gasteiger partial charge in [-0.25, -0.2) is 30.7 Å². The fraction of sp³-hybridized carbons (Fsp3) is 1.00. The van der Waals surface area contributed by atoms with Crippen molar-refractivity contribution >= 4 is 0 Å². The molecule has 5 saturated carbocycles. The van der Waals surface area contributed by atoms with Crippen LogP contribution in [0.2, 0.25) is 0 Å². The van der Waals surface area contributed by atoms with Gasteiger partial charge in [-0.1, -0.05) is 42.0 Å². The lowest BCUT2D eigenvalue weighted by molar-refractivity contribution is -0.431. The summed E-state index contributed by atoms with van der Waals surface area (Å²) in [6.07, 6.45) is -10.2. The number of hydrogen-bond donors (Lipinski definition) is 0. The predicted octanol–water partition coefficient (Wildman–Crippen LogP) is 10.4. The van der Waals surface area contributed by atoms with E-state index < -0.39 is 90.3 Å². The van der Waals surface area contributed by atoms with Gasteiger partial charge in [0, 0.05) is 11.8 Å². The Morgan fingerprint density at radius 2 is 0.881 bits per heavy atom. The van der Waals surface area contributed by atoms with E-state index in [1.807, 2.05) is 6.92 Å². The fourth-order valence-electron chi connectivity index (χ4n) is 6.64. The van der Waals surface area contributed by atoms with Gasteiger partial charge in [-0.15, -0.1) is 0 Å². The van der Waals surface area contributed by atoms with Crippen LogP contribution in [0.1, 0.15) is 61.8 Å². The van der Waals surface area contributed by atoms with Gasteiger partial charge in [0.1, 0.15) is 18.5 Å². The molecule has 0 N–H and O–H groups in total. The third-order valence-corrected chi connectivity index (χ3v) is 9.94. The SMILES string of the molecule is C.CC1C(F)(F)C(C)(F)C(F)(F)C(F)(F)C1(F)F.CC1C(F)C(C)C(F)C(F)C1F.CC1[C@H]2CC[C@@H]1C2(C)C(F)(F)F. The normalized spacial score (nSPS) is 47.9. The summed E-state index contributed by atoms with van der Waals surface area (Å²) in [6, 6.07) is 0. The lowest BCUT2D eigenvalue weighted by Crippen LogP contribution is -2.77. The molecule has 0 aromatic rings. The molecule has 0 aliphatic heterocycles. The van der Waals surface area contributed by atoms with Crippen molar-refractivity contribution in [2.24, 2.45) is 40.9 Å². The van der Waals surface area contributed by atoms with Gasteiger partial charge in [0.05, 0.1) is 11.3 Å². The largest absolute Gasteiger partial charge is 0.394 e. The molecule has 16 heteroatoms. The predicted molar refractivity (Wildman–Crippen MR) is 123 cm³/mol. The highest BCUT2D eigenvalue weighted by molar-refractivity contribution is 5.20. The molecule has 0 heterocycles. The summed E-state index contributed by atoms with van der Waals surface area (Å²) in [5, 5.41) is 0. The van der Waals surface area contributed by atoms with Crippen molar-refractivity contribution in [2.45, 2.75) is 122 Å². The Labute approximate surface area is 234 Å². The van der Waals surface area contributed by atoms with Crippen LogP contribution in [0.3, 0.4) is 0 Å². The van der Waals surface area contributed by atoms with Crippen molar-refractivity contribution in [3.8, 4) is 0 Å². The average molecular weight is 653 g/mol. The van der Waals surface area contributed by atoms with E-state index in [0.29, 0.717) is 5.92 Å². The number of alkyl halides is 16. The van der Waals surface area contributed by atoms with Crippen LogP contribution < -0.4 is 0 Å². The minimum atomic E-state index is -6.19. The Balaban J connectivity index is 0.000000318. The third kappa shape index (κ3) is 5.07. The summed E-state index contributed by atoms with van der Waals surface area (Å²) in [5.74, 6) is -28.9. The van der Waals surface area contributed by atoms with Gasteiger partial charge >= 0.3 is 23.9 Å². The van der Waals surface area contributed by atoms with Crippen LogP contribution in [0, 0.1) is 40.9 Å². The fourth-order valence-corrected chi connectivity index (χ4v) is 6.64. The first-order valence-corrected chi connectivity index (χ1v) is 12.8. The highest BCUT2D eigenvalue weighted by Gasteiger charge is 2.91. The van der Waals surface area contributed by atoms with E-state index in [0.717, 1.165) is 12.8 Å². The van der Waals surface area contributed by atoms with Gasteiger partial charge in [0.25, 0.3) is 5.92 Å². The number of halogens is 16. The highest BCUT2D eigenvalue weighted by atomic mass is 19.4. The molecule has 0 radical (unpaired) electrons. The molecule has 5 aliphatic rings. The standard InChI is InChI=1S/C9H13F3.C8H7F9.C8H12F4.CH4/c1-5-6-3-4-7(5)8(6,2)9(10,11)12;1-3-5(10,11)4(2,9)7(14,15)8(16,17)6(3,12)13;1-3-5(9)4(2)7(11)8(12)6(3)10;/h5-7H,3-4H2,1-2H3;3H,1-2H3;3-8H,1-2H3;1H4/t5?,6-,7+,8?;;;. The molecule has 252 valence electrons. The molecule has 0 amide bonds. The van der Waals surface area contributed by atoms with Crippen molar-refractivity contribution in [3.05, 3.63) is 0 Å². The second-order valence-electron chi connectivity index (χ2n) is 12.0. The van der Waals surface area contributed by atoms with Crippen molar-refractivity contribution in [1.29, 1.82) is 0 Å². The third-order valence-electron chi connectivity index (χ3n) is 9.94. The van der Waals surface area contributed by atoms with E-state index in [2.05, 4.69) is 0 Å². The average Bonchev–Trinajstić information content (AvgIpc) is 3.44. The summed E-state index contributed by atoms with van der Waals surface area (Å²) in [5.41, 5.74) is -6.41. The van der Waals surface area contributed by atoms with Gasteiger partial charge < -0.3 is 0 Å². The maximum atomic E-state index is 13.2. The molecule has 8 unspecified atom stereocenters. The van der Waals surface area contributed by atoms with Gasteiger partial charge in [-0.3, -0.25) is 0 Å². The second kappa shape index (κ2) is 11.3. The summed E-state index contributed by atoms with van der Waals surface area (Å²) in [4.78, 5) is 0. The van der Waals surface area contributed by atoms with Crippen molar-refractivity contribution < 1.29 is 70.2 Å². The molecule has 0 aromatic carbocycles. The Bertz CT molecular complexity index is 827. The van der Waals surface area contributed by atoms with Gasteiger partial charge in [-0.2, -0.15) is 39.5 Å². The Hall–Kier alpha value is -1.12. The van der Waals surface area contributed by atoms with Crippen LogP contribution in [0.5, 0.6) is 0 Å². The zero-order valence-electron chi connectivity index (χ0n) is 22.7. The van der Waals surface area contributed by atoms with Crippen molar-refractivity contribution in [2.75, 3.05) is 0 Å². The second-order valence-corrected chi connectivity index (χ2v) is 12.0. The van der Waals surface area contributed by atoms with Gasteiger partial charge in [-0.05, 0) is 37.5 Å². The molecule has 5 aliphatic carbocycles. The van der Waals surface area contributed by atoms with E-state index in [4.69, 9.17) is 0 Å². The molecule has 0 aromatic heterocycles. The molecule has 5 rings (SSSR count). The minimum absolute atomic E-state index is 0. The van der Waals surface area contributed by atoms with Crippen molar-refractivity contribution in [1.82, 2.24) is 0 Å². The van der Waals surface area contributed by atoms with E-state index in [-0.39, 0.29) is 26.2 Å². The van der Waals surface area contributed by atoms with Crippen LogP contribution in [0.4, 0.5) is 70.2 Å². The van der Waals surface area contributed by atoms with Crippen LogP contribution in [0.15, 0.2) is 0 Å². The zero-order valence-corrected chi connectivity index (χ0v) is 22.7. The highest BCUT2D eigenvalue weighted by Crippen LogP contribution is 2.71. The smallest absolute Gasteiger partial charge is 0.247 e. The molecule has 0 nitrogen and oxygen atoms in total. The van der Waals surface area contributed by atoms with Crippen molar-refractivity contribution in [3.63, 3.8) is 0 Å². The van der Waals surface area contributed by atoms with Gasteiger partial charge in [0.15, 0.2) is 6.17 Å². The molecular formula is C26H36F16. The Morgan fingerprint density at radius 3 is 1.17 bits per heavy atom. The van der Waals surface area contributed by atoms with Crippen LogP contribution in [0.25, 0.3) is 0 Å². The minimum Gasteiger partial charge on any atom is -0.247 e. The first-order valence-electron chi connectivity index (χ1n) is 12.8. The van der Waals surface area contributed by atoms with E-state index >= 15 is 0 Å². The summed E-state index contributed by atoms with van der Waals surface area (Å²) < 4.78 is 205. The number of fused-ring (bicyclic) bond motifs is 1. The van der Waals surface area contributed by atoms with E-state index in [9.17, 15) is 70.2 Å². The van der Waals surface area contributed by atoms with Crippen LogP contribution >= 0.6 is 0 Å². The number of rotatable bonds is 0. The molecule has 0 spiro atoms. The first-order chi connectivity index (χ1) is 18.0. The zero-order chi connectivity index (χ0) is 32.7. The Kier molecular flexibility index (Phi) is 10.5. The van der Waals surface area contributed by atoms with Crippen LogP contribution in [-0.4, -0.2) is 60.2 Å². The number of hydrogen-bond acceptors (Lipinski definition) is 0. The summed E-state index contributed by atoms with van der Waals surface area (Å²) in [7, 11) is 0. The molecule has 2 bridgehead atoms. The molecule has 5 fully saturated rings. The lowest BCUT2D eigenvalue weighted by atomic mass is 9.53. The summed E-state index contributed by atoms with van der Waals surface area (Å²) >= 11 is 0. The molecule has 42 heavy (non-hydrogen) atoms. The lowest BCUT2D eigenvalue weighted by Gasteiger charge is -2.53. The van der Waals surface area contributed by atoms with E-state index in [1.165, 1.54) is 20.8 Å². The monoisotopic (exact) mass is 652 g/mol. The molecular weight excluding hydrogens is 616 g/mol. The maximum Gasteiger partial charge on any atom is 0.394 e. The Morgan fingerprint density at radius 1 is 0.524 bits per heavy atom. The molecule has 10 atom stereocenters. The van der Waals surface area contributed by atoms with Crippen LogP contribution in [-0.2, 0) is 0 Å².